The fourth-order valence-corrected chi connectivity index (χ4v) is 3.52. The third-order valence-corrected chi connectivity index (χ3v) is 5.33. The second kappa shape index (κ2) is 9.24. The van der Waals surface area contributed by atoms with Gasteiger partial charge in [0.15, 0.2) is 0 Å². The first-order valence-electron chi connectivity index (χ1n) is 9.83. The Balaban J connectivity index is 1.41. The number of benzene rings is 2. The van der Waals surface area contributed by atoms with E-state index in [1.54, 1.807) is 6.20 Å². The molecule has 1 aliphatic rings. The van der Waals surface area contributed by atoms with Crippen molar-refractivity contribution in [3.8, 4) is 17.0 Å². The number of carboxylic acids is 1. The molecule has 6 nitrogen and oxygen atoms in total. The normalized spacial score (nSPS) is 13.6. The summed E-state index contributed by atoms with van der Waals surface area (Å²) in [7, 11) is 0. The highest BCUT2D eigenvalue weighted by Crippen LogP contribution is 2.24. The van der Waals surface area contributed by atoms with E-state index in [9.17, 15) is 4.79 Å². The Kier molecular flexibility index (Phi) is 6.26. The molecule has 0 unspecified atom stereocenters. The smallest absolute Gasteiger partial charge is 0.304 e. The lowest BCUT2D eigenvalue weighted by Gasteiger charge is -2.27. The molecule has 4 rings (SSSR count). The van der Waals surface area contributed by atoms with E-state index < -0.39 is 5.97 Å². The van der Waals surface area contributed by atoms with Crippen LogP contribution in [0.25, 0.3) is 11.3 Å². The van der Waals surface area contributed by atoms with Gasteiger partial charge in [-0.15, -0.1) is 0 Å². The van der Waals surface area contributed by atoms with E-state index in [4.69, 9.17) is 26.4 Å². The van der Waals surface area contributed by atoms with Crippen LogP contribution in [0.5, 0.6) is 5.75 Å². The third-order valence-electron chi connectivity index (χ3n) is 5.08. The van der Waals surface area contributed by atoms with Gasteiger partial charge in [-0.05, 0) is 42.0 Å². The number of fused-ring (bicyclic) bond motifs is 1. The molecule has 0 atom stereocenters. The topological polar surface area (TPSA) is 75.5 Å². The zero-order valence-electron chi connectivity index (χ0n) is 16.4. The lowest BCUT2D eigenvalue weighted by atomic mass is 10.1. The number of aromatic nitrogens is 2. The van der Waals surface area contributed by atoms with Crippen molar-refractivity contribution in [1.29, 1.82) is 0 Å². The summed E-state index contributed by atoms with van der Waals surface area (Å²) in [6.07, 6.45) is 2.73. The number of hydrogen-bond acceptors (Lipinski definition) is 5. The van der Waals surface area contributed by atoms with Crippen LogP contribution >= 0.6 is 11.6 Å². The highest BCUT2D eigenvalue weighted by molar-refractivity contribution is 6.30. The van der Waals surface area contributed by atoms with E-state index >= 15 is 0 Å². The number of aliphatic carboxylic acids is 1. The van der Waals surface area contributed by atoms with Crippen LogP contribution < -0.4 is 4.74 Å². The Bertz CT molecular complexity index is 1020. The molecule has 3 aromatic rings. The molecule has 0 radical (unpaired) electrons. The fraction of sp³-hybridized carbons (Fsp3) is 0.261. The van der Waals surface area contributed by atoms with Crippen molar-refractivity contribution in [3.05, 3.63) is 76.7 Å². The van der Waals surface area contributed by atoms with Crippen LogP contribution in [-0.4, -0.2) is 39.0 Å². The van der Waals surface area contributed by atoms with Crippen LogP contribution in [0.2, 0.25) is 5.02 Å². The molecule has 2 heterocycles. The van der Waals surface area contributed by atoms with Gasteiger partial charge in [0.05, 0.1) is 29.7 Å². The molecule has 0 amide bonds. The summed E-state index contributed by atoms with van der Waals surface area (Å²) in [4.78, 5) is 22.3. The van der Waals surface area contributed by atoms with E-state index in [-0.39, 0.29) is 6.42 Å². The predicted octanol–water partition coefficient (Wildman–Crippen LogP) is 4.21. The summed E-state index contributed by atoms with van der Waals surface area (Å²) in [5.74, 6) is -0.00142. The van der Waals surface area contributed by atoms with E-state index in [1.165, 1.54) is 0 Å². The number of halogens is 1. The first-order valence-corrected chi connectivity index (χ1v) is 10.2. The lowest BCUT2D eigenvalue weighted by Crippen LogP contribution is -2.33. The van der Waals surface area contributed by atoms with E-state index in [2.05, 4.69) is 9.88 Å². The largest absolute Gasteiger partial charge is 0.489 e. The number of rotatable bonds is 7. The number of hydrogen-bond donors (Lipinski definition) is 1. The number of ether oxygens (including phenoxy) is 1. The molecule has 1 aliphatic heterocycles. The zero-order chi connectivity index (χ0) is 20.9. The molecule has 154 valence electrons. The highest BCUT2D eigenvalue weighted by Gasteiger charge is 2.19. The van der Waals surface area contributed by atoms with Crippen molar-refractivity contribution in [1.82, 2.24) is 14.9 Å². The zero-order valence-corrected chi connectivity index (χ0v) is 17.2. The number of carboxylic acid groups (broad SMARTS) is 1. The van der Waals surface area contributed by atoms with Crippen molar-refractivity contribution in [3.63, 3.8) is 0 Å². The van der Waals surface area contributed by atoms with E-state index in [0.29, 0.717) is 24.7 Å². The highest BCUT2D eigenvalue weighted by atomic mass is 35.5. The molecule has 0 saturated carbocycles. The van der Waals surface area contributed by atoms with Crippen LogP contribution in [0.4, 0.5) is 0 Å². The van der Waals surface area contributed by atoms with Crippen LogP contribution in [-0.2, 0) is 24.4 Å². The molecular weight excluding hydrogens is 402 g/mol. The molecule has 7 heteroatoms. The Morgan fingerprint density at radius 3 is 2.60 bits per heavy atom. The second-order valence-electron chi connectivity index (χ2n) is 7.26. The standard InChI is InChI=1S/C23H22ClN3O3/c24-18-5-1-16(2-6-18)15-30-19-7-3-17(4-8-19)21-13-25-20-9-11-27(12-10-23(28)29)14-22(20)26-21/h1-8,13H,9-12,14-15H2,(H,28,29). The van der Waals surface area contributed by atoms with Gasteiger partial charge in [0.1, 0.15) is 12.4 Å². The molecule has 1 N–H and O–H groups in total. The lowest BCUT2D eigenvalue weighted by molar-refractivity contribution is -0.137. The van der Waals surface area contributed by atoms with Crippen molar-refractivity contribution in [2.24, 2.45) is 0 Å². The number of nitrogens with zero attached hydrogens (tertiary/aromatic N) is 3. The predicted molar refractivity (Wildman–Crippen MR) is 114 cm³/mol. The molecule has 0 fully saturated rings. The average Bonchev–Trinajstić information content (AvgIpc) is 2.77. The molecule has 0 aliphatic carbocycles. The summed E-state index contributed by atoms with van der Waals surface area (Å²) >= 11 is 5.91. The molecule has 0 spiro atoms. The van der Waals surface area contributed by atoms with E-state index in [1.807, 2.05) is 48.5 Å². The van der Waals surface area contributed by atoms with Gasteiger partial charge >= 0.3 is 5.97 Å². The molecule has 2 aromatic carbocycles. The minimum Gasteiger partial charge on any atom is -0.489 e. The minimum atomic E-state index is -0.779. The molecular formula is C23H22ClN3O3. The molecule has 0 bridgehead atoms. The van der Waals surface area contributed by atoms with Crippen molar-refractivity contribution >= 4 is 17.6 Å². The Morgan fingerprint density at radius 1 is 1.10 bits per heavy atom. The SMILES string of the molecule is O=C(O)CCN1CCc2ncc(-c3ccc(OCc4ccc(Cl)cc4)cc3)nc2C1. The van der Waals surface area contributed by atoms with Crippen LogP contribution in [0, 0.1) is 0 Å². The summed E-state index contributed by atoms with van der Waals surface area (Å²) in [6, 6.07) is 15.4. The monoisotopic (exact) mass is 423 g/mol. The van der Waals surface area contributed by atoms with Gasteiger partial charge in [0.2, 0.25) is 0 Å². The van der Waals surface area contributed by atoms with Crippen molar-refractivity contribution < 1.29 is 14.6 Å². The average molecular weight is 424 g/mol. The van der Waals surface area contributed by atoms with Gasteiger partial charge in [0.25, 0.3) is 0 Å². The summed E-state index contributed by atoms with van der Waals surface area (Å²) in [5.41, 5.74) is 4.74. The van der Waals surface area contributed by atoms with Crippen molar-refractivity contribution in [2.45, 2.75) is 26.0 Å². The maximum atomic E-state index is 10.8. The Labute approximate surface area is 180 Å². The fourth-order valence-electron chi connectivity index (χ4n) is 3.40. The Hall–Kier alpha value is -2.96. The maximum absolute atomic E-state index is 10.8. The van der Waals surface area contributed by atoms with Gasteiger partial charge < -0.3 is 9.84 Å². The molecule has 30 heavy (non-hydrogen) atoms. The second-order valence-corrected chi connectivity index (χ2v) is 7.69. The first-order chi connectivity index (χ1) is 14.6. The van der Waals surface area contributed by atoms with Gasteiger partial charge in [-0.2, -0.15) is 0 Å². The van der Waals surface area contributed by atoms with Gasteiger partial charge in [-0.3, -0.25) is 14.7 Å². The van der Waals surface area contributed by atoms with Gasteiger partial charge in [-0.25, -0.2) is 4.98 Å². The first kappa shape index (κ1) is 20.3. The van der Waals surface area contributed by atoms with Crippen LogP contribution in [0.1, 0.15) is 23.4 Å². The van der Waals surface area contributed by atoms with Gasteiger partial charge in [0, 0.05) is 36.6 Å². The van der Waals surface area contributed by atoms with Crippen LogP contribution in [0.3, 0.4) is 0 Å². The van der Waals surface area contributed by atoms with Crippen LogP contribution in [0.15, 0.2) is 54.7 Å². The molecule has 1 aromatic heterocycles. The summed E-state index contributed by atoms with van der Waals surface area (Å²) in [5, 5.41) is 9.61. The van der Waals surface area contributed by atoms with Crippen molar-refractivity contribution in [2.75, 3.05) is 13.1 Å². The molecule has 0 saturated heterocycles. The van der Waals surface area contributed by atoms with Gasteiger partial charge in [-0.1, -0.05) is 23.7 Å². The summed E-state index contributed by atoms with van der Waals surface area (Å²) in [6.45, 7) is 2.45. The summed E-state index contributed by atoms with van der Waals surface area (Å²) < 4.78 is 5.84. The van der Waals surface area contributed by atoms with E-state index in [0.717, 1.165) is 46.9 Å². The Morgan fingerprint density at radius 2 is 1.87 bits per heavy atom. The maximum Gasteiger partial charge on any atom is 0.304 e. The minimum absolute atomic E-state index is 0.139. The third kappa shape index (κ3) is 5.14. The number of carbonyl (C=O) groups is 1. The quantitative estimate of drug-likeness (QED) is 0.613.